The first-order valence-corrected chi connectivity index (χ1v) is 8.48. The van der Waals surface area contributed by atoms with Crippen LogP contribution in [0.4, 0.5) is 5.69 Å². The third kappa shape index (κ3) is 2.98. The highest BCUT2D eigenvalue weighted by molar-refractivity contribution is 5.97. The Morgan fingerprint density at radius 3 is 2.31 bits per heavy atom. The predicted octanol–water partition coefficient (Wildman–Crippen LogP) is 3.21. The van der Waals surface area contributed by atoms with Crippen molar-refractivity contribution in [2.75, 3.05) is 26.6 Å². The maximum atomic E-state index is 12.3. The average molecular weight is 359 g/mol. The van der Waals surface area contributed by atoms with Crippen molar-refractivity contribution in [2.24, 2.45) is 0 Å². The van der Waals surface area contributed by atoms with Crippen LogP contribution in [-0.2, 0) is 10.2 Å². The number of fused-ring (bicyclic) bond motifs is 1. The summed E-state index contributed by atoms with van der Waals surface area (Å²) in [6.07, 6.45) is 0.296. The fourth-order valence-electron chi connectivity index (χ4n) is 3.28. The zero-order valence-corrected chi connectivity index (χ0v) is 16.0. The molecule has 0 bridgehead atoms. The lowest BCUT2D eigenvalue weighted by Gasteiger charge is -2.28. The first-order chi connectivity index (χ1) is 12.3. The Balaban J connectivity index is 2.19. The molecule has 7 heteroatoms. The molecule has 2 heterocycles. The molecule has 0 aliphatic carbocycles. The number of nitrogens with zero attached hydrogens (tertiary/aromatic N) is 1. The van der Waals surface area contributed by atoms with Crippen molar-refractivity contribution in [3.8, 4) is 17.2 Å². The predicted molar refractivity (Wildman–Crippen MR) is 98.5 cm³/mol. The largest absolute Gasteiger partial charge is 0.493 e. The summed E-state index contributed by atoms with van der Waals surface area (Å²) in [6, 6.07) is 3.78. The number of hydrogen-bond donors (Lipinski definition) is 2. The van der Waals surface area contributed by atoms with Crippen molar-refractivity contribution >= 4 is 11.6 Å². The summed E-state index contributed by atoms with van der Waals surface area (Å²) < 4.78 is 16.5. The number of hydrogen-bond acceptors (Lipinski definition) is 5. The molecule has 1 amide bonds. The van der Waals surface area contributed by atoms with Gasteiger partial charge in [-0.2, -0.15) is 5.10 Å². The minimum atomic E-state index is -0.211. The molecule has 3 rings (SSSR count). The molecule has 140 valence electrons. The van der Waals surface area contributed by atoms with E-state index in [-0.39, 0.29) is 17.2 Å². The standard InChI is InChI=1S/C19H25N3O4/c1-19(2,3)14-9-11(21-22-14)10-7-15(23)20-12-8-13(24-4)17(25-5)18(26-6)16(10)12/h8-10H,7H2,1-6H3,(H,20,23)(H,21,22). The highest BCUT2D eigenvalue weighted by atomic mass is 16.5. The Labute approximate surface area is 153 Å². The normalized spacial score (nSPS) is 16.7. The molecule has 0 spiro atoms. The molecule has 2 aromatic rings. The zero-order valence-electron chi connectivity index (χ0n) is 16.0. The number of benzene rings is 1. The first kappa shape index (κ1) is 18.1. The van der Waals surface area contributed by atoms with Crippen LogP contribution in [0.1, 0.15) is 50.1 Å². The molecule has 7 nitrogen and oxygen atoms in total. The Hall–Kier alpha value is -2.70. The van der Waals surface area contributed by atoms with Crippen molar-refractivity contribution in [2.45, 2.75) is 38.5 Å². The van der Waals surface area contributed by atoms with E-state index in [2.05, 4.69) is 36.3 Å². The van der Waals surface area contributed by atoms with Crippen LogP contribution < -0.4 is 19.5 Å². The molecular formula is C19H25N3O4. The molecule has 1 aliphatic heterocycles. The van der Waals surface area contributed by atoms with Crippen molar-refractivity contribution < 1.29 is 19.0 Å². The number of carbonyl (C=O) groups is 1. The van der Waals surface area contributed by atoms with E-state index < -0.39 is 0 Å². The second kappa shape index (κ2) is 6.55. The Morgan fingerprint density at radius 1 is 1.08 bits per heavy atom. The summed E-state index contributed by atoms with van der Waals surface area (Å²) in [5.41, 5.74) is 3.24. The molecule has 0 fully saturated rings. The van der Waals surface area contributed by atoms with Gasteiger partial charge in [0.1, 0.15) is 0 Å². The number of amides is 1. The lowest BCUT2D eigenvalue weighted by molar-refractivity contribution is -0.116. The van der Waals surface area contributed by atoms with Crippen molar-refractivity contribution in [3.05, 3.63) is 29.1 Å². The van der Waals surface area contributed by atoms with Gasteiger partial charge in [-0.1, -0.05) is 20.8 Å². The third-order valence-corrected chi connectivity index (χ3v) is 4.62. The van der Waals surface area contributed by atoms with Crippen LogP contribution in [0.25, 0.3) is 0 Å². The van der Waals surface area contributed by atoms with Crippen LogP contribution in [0.2, 0.25) is 0 Å². The summed E-state index contributed by atoms with van der Waals surface area (Å²) in [4.78, 5) is 12.3. The number of aromatic nitrogens is 2. The van der Waals surface area contributed by atoms with Gasteiger partial charge in [0.05, 0.1) is 32.7 Å². The van der Waals surface area contributed by atoms with E-state index in [0.717, 1.165) is 17.0 Å². The molecule has 1 atom stereocenters. The maximum absolute atomic E-state index is 12.3. The van der Waals surface area contributed by atoms with Crippen molar-refractivity contribution in [1.29, 1.82) is 0 Å². The smallest absolute Gasteiger partial charge is 0.225 e. The number of nitrogens with one attached hydrogen (secondary N) is 2. The molecule has 0 saturated carbocycles. The van der Waals surface area contributed by atoms with Gasteiger partial charge in [0.15, 0.2) is 11.5 Å². The molecule has 1 aliphatic rings. The van der Waals surface area contributed by atoms with Gasteiger partial charge >= 0.3 is 0 Å². The van der Waals surface area contributed by atoms with Gasteiger partial charge in [-0.3, -0.25) is 9.89 Å². The minimum absolute atomic E-state index is 0.0660. The number of H-pyrrole nitrogens is 1. The van der Waals surface area contributed by atoms with E-state index in [1.807, 2.05) is 6.07 Å². The molecule has 0 saturated heterocycles. The van der Waals surface area contributed by atoms with Gasteiger partial charge in [-0.25, -0.2) is 0 Å². The van der Waals surface area contributed by atoms with E-state index in [4.69, 9.17) is 14.2 Å². The molecule has 1 unspecified atom stereocenters. The number of rotatable bonds is 4. The van der Waals surface area contributed by atoms with Crippen LogP contribution >= 0.6 is 0 Å². The SMILES string of the molecule is COc1cc2c(c(OC)c1OC)C(c1cc(C(C)(C)C)n[nH]1)CC(=O)N2. The molecule has 0 radical (unpaired) electrons. The van der Waals surface area contributed by atoms with Crippen LogP contribution in [-0.4, -0.2) is 37.4 Å². The van der Waals surface area contributed by atoms with Gasteiger partial charge in [-0.05, 0) is 6.07 Å². The molecule has 1 aromatic carbocycles. The van der Waals surface area contributed by atoms with Gasteiger partial charge in [0.2, 0.25) is 11.7 Å². The molecule has 1 aromatic heterocycles. The fraction of sp³-hybridized carbons (Fsp3) is 0.474. The second-order valence-electron chi connectivity index (χ2n) is 7.37. The lowest BCUT2D eigenvalue weighted by Crippen LogP contribution is -2.24. The first-order valence-electron chi connectivity index (χ1n) is 8.48. The Kier molecular flexibility index (Phi) is 4.56. The summed E-state index contributed by atoms with van der Waals surface area (Å²) in [7, 11) is 4.70. The number of ether oxygens (including phenoxy) is 3. The quantitative estimate of drug-likeness (QED) is 0.875. The summed E-state index contributed by atoms with van der Waals surface area (Å²) in [5, 5.41) is 10.5. The topological polar surface area (TPSA) is 85.5 Å². The molecule has 26 heavy (non-hydrogen) atoms. The van der Waals surface area contributed by atoms with E-state index in [9.17, 15) is 4.79 Å². The van der Waals surface area contributed by atoms with Crippen LogP contribution in [0.5, 0.6) is 17.2 Å². The summed E-state index contributed by atoms with van der Waals surface area (Å²) in [6.45, 7) is 6.30. The molecule has 2 N–H and O–H groups in total. The highest BCUT2D eigenvalue weighted by Crippen LogP contribution is 2.51. The van der Waals surface area contributed by atoms with Crippen LogP contribution in [0, 0.1) is 0 Å². The van der Waals surface area contributed by atoms with Crippen molar-refractivity contribution in [1.82, 2.24) is 10.2 Å². The van der Waals surface area contributed by atoms with E-state index in [1.165, 1.54) is 0 Å². The summed E-state index contributed by atoms with van der Waals surface area (Å²) >= 11 is 0. The fourth-order valence-corrected chi connectivity index (χ4v) is 3.28. The third-order valence-electron chi connectivity index (χ3n) is 4.62. The highest BCUT2D eigenvalue weighted by Gasteiger charge is 2.35. The van der Waals surface area contributed by atoms with E-state index in [1.54, 1.807) is 27.4 Å². The average Bonchev–Trinajstić information content (AvgIpc) is 3.09. The van der Waals surface area contributed by atoms with Crippen LogP contribution in [0.15, 0.2) is 12.1 Å². The number of anilines is 1. The lowest BCUT2D eigenvalue weighted by atomic mass is 9.85. The Morgan fingerprint density at radius 2 is 1.77 bits per heavy atom. The number of carbonyl (C=O) groups excluding carboxylic acids is 1. The van der Waals surface area contributed by atoms with Gasteiger partial charge in [0.25, 0.3) is 0 Å². The monoisotopic (exact) mass is 359 g/mol. The minimum Gasteiger partial charge on any atom is -0.493 e. The van der Waals surface area contributed by atoms with Gasteiger partial charge in [-0.15, -0.1) is 0 Å². The van der Waals surface area contributed by atoms with Crippen molar-refractivity contribution in [3.63, 3.8) is 0 Å². The molecular weight excluding hydrogens is 334 g/mol. The summed E-state index contributed by atoms with van der Waals surface area (Å²) in [5.74, 6) is 1.29. The van der Waals surface area contributed by atoms with Crippen LogP contribution in [0.3, 0.4) is 0 Å². The second-order valence-corrected chi connectivity index (χ2v) is 7.37. The number of aromatic amines is 1. The van der Waals surface area contributed by atoms with E-state index >= 15 is 0 Å². The number of methoxy groups -OCH3 is 3. The van der Waals surface area contributed by atoms with Gasteiger partial charge < -0.3 is 19.5 Å². The van der Waals surface area contributed by atoms with E-state index in [0.29, 0.717) is 29.4 Å². The van der Waals surface area contributed by atoms with Gasteiger partial charge in [0, 0.05) is 35.1 Å². The zero-order chi connectivity index (χ0) is 19.1. The Bertz CT molecular complexity index is 836. The maximum Gasteiger partial charge on any atom is 0.225 e.